The van der Waals surface area contributed by atoms with Gasteiger partial charge in [-0.1, -0.05) is 88.6 Å². The monoisotopic (exact) mass is 364 g/mol. The van der Waals surface area contributed by atoms with Crippen molar-refractivity contribution in [3.63, 3.8) is 0 Å². The first-order valence-electron chi connectivity index (χ1n) is 10.4. The summed E-state index contributed by atoms with van der Waals surface area (Å²) in [6.45, 7) is 2.25. The molecule has 2 rings (SSSR count). The summed E-state index contributed by atoms with van der Waals surface area (Å²) in [5, 5.41) is 8.54. The average molecular weight is 365 g/mol. The largest absolute Gasteiger partial charge is 0.294 e. The third-order valence-electron chi connectivity index (χ3n) is 4.74. The van der Waals surface area contributed by atoms with Gasteiger partial charge in [0.15, 0.2) is 5.78 Å². The Hall–Kier alpha value is -2.29. The highest BCUT2D eigenvalue weighted by Crippen LogP contribution is 2.24. The summed E-state index contributed by atoms with van der Waals surface area (Å²) in [5.74, 6) is 0.167. The minimum Gasteiger partial charge on any atom is -0.294 e. The van der Waals surface area contributed by atoms with Crippen LogP contribution < -0.4 is 0 Å². The van der Waals surface area contributed by atoms with Gasteiger partial charge in [-0.3, -0.25) is 4.79 Å². The highest BCUT2D eigenvalue weighted by molar-refractivity contribution is 6.00. The predicted octanol–water partition coefficient (Wildman–Crippen LogP) is 8.21. The number of hydrogen-bond acceptors (Lipinski definition) is 3. The van der Waals surface area contributed by atoms with E-state index in [-0.39, 0.29) is 5.78 Å². The van der Waals surface area contributed by atoms with Crippen molar-refractivity contribution in [2.45, 2.75) is 71.1 Å². The van der Waals surface area contributed by atoms with E-state index in [1.165, 1.54) is 44.9 Å². The lowest BCUT2D eigenvalue weighted by Gasteiger charge is -2.05. The summed E-state index contributed by atoms with van der Waals surface area (Å²) < 4.78 is 0. The average Bonchev–Trinajstić information content (AvgIpc) is 2.72. The molecule has 27 heavy (non-hydrogen) atoms. The number of azo groups is 1. The Balaban J connectivity index is 1.75. The van der Waals surface area contributed by atoms with Crippen LogP contribution in [0.2, 0.25) is 0 Å². The van der Waals surface area contributed by atoms with Crippen LogP contribution in [-0.4, -0.2) is 5.78 Å². The third kappa shape index (κ3) is 8.29. The van der Waals surface area contributed by atoms with Crippen LogP contribution in [0.3, 0.4) is 0 Å². The number of hydrogen-bond donors (Lipinski definition) is 0. The quantitative estimate of drug-likeness (QED) is 0.200. The first-order valence-corrected chi connectivity index (χ1v) is 10.4. The van der Waals surface area contributed by atoms with Crippen LogP contribution in [-0.2, 0) is 0 Å². The molecule has 144 valence electrons. The molecule has 0 amide bonds. The van der Waals surface area contributed by atoms with Crippen LogP contribution in [0.5, 0.6) is 0 Å². The second-order valence-corrected chi connectivity index (χ2v) is 7.05. The fraction of sp³-hybridized carbons (Fsp3) is 0.458. The van der Waals surface area contributed by atoms with Crippen molar-refractivity contribution in [1.82, 2.24) is 0 Å². The molecule has 0 aliphatic carbocycles. The van der Waals surface area contributed by atoms with Gasteiger partial charge in [0.05, 0.1) is 11.4 Å². The van der Waals surface area contributed by atoms with Crippen LogP contribution in [0.25, 0.3) is 0 Å². The van der Waals surface area contributed by atoms with Crippen molar-refractivity contribution < 1.29 is 4.79 Å². The lowest BCUT2D eigenvalue weighted by atomic mass is 10.0. The predicted molar refractivity (Wildman–Crippen MR) is 113 cm³/mol. The van der Waals surface area contributed by atoms with Crippen molar-refractivity contribution in [3.8, 4) is 0 Å². The number of rotatable bonds is 13. The zero-order valence-corrected chi connectivity index (χ0v) is 16.6. The minimum atomic E-state index is 0.167. The third-order valence-corrected chi connectivity index (χ3v) is 4.74. The maximum atomic E-state index is 12.6. The van der Waals surface area contributed by atoms with Crippen molar-refractivity contribution >= 4 is 17.2 Å². The number of carbonyl (C=O) groups is 1. The molecule has 3 heteroatoms. The Morgan fingerprint density at radius 3 is 2.00 bits per heavy atom. The standard InChI is InChI=1S/C24H32N2O/c1-2-3-4-5-6-7-8-9-13-20-24(27)22-18-14-15-19-23(22)26-25-21-16-11-10-12-17-21/h10-12,14-19H,2-9,13,20H2,1H3. The Kier molecular flexibility index (Phi) is 10.1. The van der Waals surface area contributed by atoms with Gasteiger partial charge in [0.1, 0.15) is 0 Å². The lowest BCUT2D eigenvalue weighted by Crippen LogP contribution is -1.99. The SMILES string of the molecule is CCCCCCCCCCCC(=O)c1ccccc1N=Nc1ccccc1. The maximum Gasteiger partial charge on any atom is 0.165 e. The Morgan fingerprint density at radius 2 is 1.30 bits per heavy atom. The van der Waals surface area contributed by atoms with Crippen LogP contribution in [0, 0.1) is 0 Å². The first kappa shape index (κ1) is 21.0. The van der Waals surface area contributed by atoms with Crippen molar-refractivity contribution in [2.75, 3.05) is 0 Å². The van der Waals surface area contributed by atoms with E-state index in [1.807, 2.05) is 54.6 Å². The molecular weight excluding hydrogens is 332 g/mol. The minimum absolute atomic E-state index is 0.167. The lowest BCUT2D eigenvalue weighted by molar-refractivity contribution is 0.0979. The maximum absolute atomic E-state index is 12.6. The van der Waals surface area contributed by atoms with Gasteiger partial charge in [-0.15, -0.1) is 5.11 Å². The van der Waals surface area contributed by atoms with Gasteiger partial charge in [-0.05, 0) is 30.7 Å². The van der Waals surface area contributed by atoms with Gasteiger partial charge >= 0.3 is 0 Å². The molecule has 0 bridgehead atoms. The number of Topliss-reactive ketones (excluding diaryl/α,β-unsaturated/α-hetero) is 1. The van der Waals surface area contributed by atoms with E-state index >= 15 is 0 Å². The molecule has 0 unspecified atom stereocenters. The molecule has 0 saturated heterocycles. The molecule has 0 radical (unpaired) electrons. The Labute approximate surface area is 163 Å². The molecule has 0 atom stereocenters. The molecule has 0 aliphatic rings. The number of ketones is 1. The van der Waals surface area contributed by atoms with Gasteiger partial charge in [0, 0.05) is 12.0 Å². The van der Waals surface area contributed by atoms with Gasteiger partial charge in [0.25, 0.3) is 0 Å². The molecule has 0 heterocycles. The van der Waals surface area contributed by atoms with Crippen molar-refractivity contribution in [1.29, 1.82) is 0 Å². The Bertz CT molecular complexity index is 695. The molecule has 0 aromatic heterocycles. The van der Waals surface area contributed by atoms with Gasteiger partial charge in [0.2, 0.25) is 0 Å². The molecule has 0 fully saturated rings. The highest BCUT2D eigenvalue weighted by Gasteiger charge is 2.10. The van der Waals surface area contributed by atoms with Crippen molar-refractivity contribution in [2.24, 2.45) is 10.2 Å². The van der Waals surface area contributed by atoms with E-state index in [0.29, 0.717) is 17.7 Å². The number of nitrogens with zero attached hydrogens (tertiary/aromatic N) is 2. The fourth-order valence-electron chi connectivity index (χ4n) is 3.13. The number of carbonyl (C=O) groups excluding carboxylic acids is 1. The van der Waals surface area contributed by atoms with E-state index in [4.69, 9.17) is 0 Å². The van der Waals surface area contributed by atoms with Crippen LogP contribution in [0.4, 0.5) is 11.4 Å². The van der Waals surface area contributed by atoms with E-state index < -0.39 is 0 Å². The number of benzene rings is 2. The first-order chi connectivity index (χ1) is 13.3. The summed E-state index contributed by atoms with van der Waals surface area (Å²) in [6, 6.07) is 17.1. The van der Waals surface area contributed by atoms with Gasteiger partial charge in [-0.25, -0.2) is 0 Å². The molecule has 3 nitrogen and oxygen atoms in total. The highest BCUT2D eigenvalue weighted by atomic mass is 16.1. The molecule has 0 aliphatic heterocycles. The van der Waals surface area contributed by atoms with E-state index in [0.717, 1.165) is 18.5 Å². The normalized spacial score (nSPS) is 11.1. The molecule has 2 aromatic rings. The van der Waals surface area contributed by atoms with Crippen LogP contribution in [0.15, 0.2) is 64.8 Å². The number of unbranched alkanes of at least 4 members (excludes halogenated alkanes) is 8. The molecular formula is C24H32N2O. The second-order valence-electron chi connectivity index (χ2n) is 7.05. The molecule has 0 N–H and O–H groups in total. The summed E-state index contributed by atoms with van der Waals surface area (Å²) >= 11 is 0. The summed E-state index contributed by atoms with van der Waals surface area (Å²) in [7, 11) is 0. The van der Waals surface area contributed by atoms with Crippen LogP contribution >= 0.6 is 0 Å². The Morgan fingerprint density at radius 1 is 0.704 bits per heavy atom. The van der Waals surface area contributed by atoms with Gasteiger partial charge < -0.3 is 0 Å². The zero-order chi connectivity index (χ0) is 19.2. The van der Waals surface area contributed by atoms with E-state index in [9.17, 15) is 4.79 Å². The van der Waals surface area contributed by atoms with Crippen molar-refractivity contribution in [3.05, 3.63) is 60.2 Å². The summed E-state index contributed by atoms with van der Waals surface area (Å²) in [5.41, 5.74) is 2.12. The van der Waals surface area contributed by atoms with E-state index in [1.54, 1.807) is 0 Å². The molecule has 0 saturated carbocycles. The van der Waals surface area contributed by atoms with Gasteiger partial charge in [-0.2, -0.15) is 5.11 Å². The fourth-order valence-corrected chi connectivity index (χ4v) is 3.13. The van der Waals surface area contributed by atoms with Crippen LogP contribution in [0.1, 0.15) is 81.5 Å². The van der Waals surface area contributed by atoms with E-state index in [2.05, 4.69) is 17.2 Å². The zero-order valence-electron chi connectivity index (χ0n) is 16.6. The topological polar surface area (TPSA) is 41.8 Å². The second kappa shape index (κ2) is 13.0. The molecule has 0 spiro atoms. The smallest absolute Gasteiger partial charge is 0.165 e. The summed E-state index contributed by atoms with van der Waals surface area (Å²) in [4.78, 5) is 12.6. The summed E-state index contributed by atoms with van der Waals surface area (Å²) in [6.07, 6.45) is 11.9. The molecule has 2 aromatic carbocycles.